The van der Waals surface area contributed by atoms with E-state index in [0.717, 1.165) is 18.8 Å². The Morgan fingerprint density at radius 3 is 3.00 bits per heavy atom. The van der Waals surface area contributed by atoms with Crippen LogP contribution in [-0.2, 0) is 6.42 Å². The van der Waals surface area contributed by atoms with E-state index >= 15 is 0 Å². The Hall–Kier alpha value is -1.75. The van der Waals surface area contributed by atoms with Crippen molar-refractivity contribution in [3.8, 4) is 0 Å². The van der Waals surface area contributed by atoms with Crippen molar-refractivity contribution in [2.75, 3.05) is 13.1 Å². The zero-order valence-electron chi connectivity index (χ0n) is 10.8. The monoisotopic (exact) mass is 246 g/mol. The average molecular weight is 246 g/mol. The van der Waals surface area contributed by atoms with E-state index in [2.05, 4.69) is 34.3 Å². The van der Waals surface area contributed by atoms with Gasteiger partial charge in [-0.3, -0.25) is 4.98 Å². The molecule has 0 aliphatic heterocycles. The molecule has 0 fully saturated rings. The summed E-state index contributed by atoms with van der Waals surface area (Å²) in [5, 5.41) is 7.25. The van der Waals surface area contributed by atoms with E-state index in [9.17, 15) is 0 Å². The minimum atomic E-state index is 0.231. The van der Waals surface area contributed by atoms with Gasteiger partial charge in [0.25, 0.3) is 0 Å². The van der Waals surface area contributed by atoms with E-state index in [4.69, 9.17) is 4.52 Å². The van der Waals surface area contributed by atoms with Crippen molar-refractivity contribution in [2.45, 2.75) is 26.2 Å². The molecule has 0 aliphatic rings. The van der Waals surface area contributed by atoms with Crippen molar-refractivity contribution in [3.63, 3.8) is 0 Å². The van der Waals surface area contributed by atoms with E-state index in [1.165, 1.54) is 0 Å². The quantitative estimate of drug-likeness (QED) is 0.841. The van der Waals surface area contributed by atoms with E-state index in [-0.39, 0.29) is 5.92 Å². The normalized spacial score (nSPS) is 12.6. The predicted octanol–water partition coefficient (Wildman–Crippen LogP) is 1.77. The van der Waals surface area contributed by atoms with Gasteiger partial charge in [0.05, 0.1) is 6.42 Å². The van der Waals surface area contributed by atoms with Crippen molar-refractivity contribution < 1.29 is 4.52 Å². The maximum absolute atomic E-state index is 5.27. The second-order valence-corrected chi connectivity index (χ2v) is 4.26. The maximum Gasteiger partial charge on any atom is 0.230 e. The van der Waals surface area contributed by atoms with Gasteiger partial charge < -0.3 is 9.84 Å². The molecule has 0 saturated carbocycles. The van der Waals surface area contributed by atoms with Gasteiger partial charge in [0, 0.05) is 24.4 Å². The van der Waals surface area contributed by atoms with Gasteiger partial charge >= 0.3 is 0 Å². The smallest absolute Gasteiger partial charge is 0.230 e. The molecule has 5 heteroatoms. The summed E-state index contributed by atoms with van der Waals surface area (Å²) in [6.07, 6.45) is 2.38. The van der Waals surface area contributed by atoms with E-state index in [1.54, 1.807) is 6.20 Å². The maximum atomic E-state index is 5.27. The molecule has 0 aromatic carbocycles. The van der Waals surface area contributed by atoms with Gasteiger partial charge in [-0.25, -0.2) is 0 Å². The van der Waals surface area contributed by atoms with Crippen LogP contribution in [0.25, 0.3) is 0 Å². The molecule has 0 amide bonds. The van der Waals surface area contributed by atoms with Crippen LogP contribution in [0.15, 0.2) is 28.9 Å². The highest BCUT2D eigenvalue weighted by molar-refractivity contribution is 5.09. The van der Waals surface area contributed by atoms with E-state index < -0.39 is 0 Å². The highest BCUT2D eigenvalue weighted by atomic mass is 16.5. The van der Waals surface area contributed by atoms with E-state index in [0.29, 0.717) is 18.1 Å². The lowest BCUT2D eigenvalue weighted by molar-refractivity contribution is 0.351. The van der Waals surface area contributed by atoms with Gasteiger partial charge in [0.15, 0.2) is 5.82 Å². The first-order valence-corrected chi connectivity index (χ1v) is 6.22. The molecular weight excluding hydrogens is 228 g/mol. The zero-order valence-corrected chi connectivity index (χ0v) is 10.8. The number of hydrogen-bond donors (Lipinski definition) is 1. The minimum Gasteiger partial charge on any atom is -0.339 e. The second-order valence-electron chi connectivity index (χ2n) is 4.26. The summed E-state index contributed by atoms with van der Waals surface area (Å²) >= 11 is 0. The Morgan fingerprint density at radius 1 is 1.39 bits per heavy atom. The fourth-order valence-electron chi connectivity index (χ4n) is 1.65. The van der Waals surface area contributed by atoms with Gasteiger partial charge in [-0.05, 0) is 18.7 Å². The lowest BCUT2D eigenvalue weighted by Gasteiger charge is -2.05. The van der Waals surface area contributed by atoms with Crippen LogP contribution in [0, 0.1) is 0 Å². The molecule has 2 aromatic rings. The molecule has 5 nitrogen and oxygen atoms in total. The lowest BCUT2D eigenvalue weighted by Crippen LogP contribution is -2.19. The Kier molecular flexibility index (Phi) is 4.41. The predicted molar refractivity (Wildman–Crippen MR) is 68.3 cm³/mol. The fourth-order valence-corrected chi connectivity index (χ4v) is 1.65. The molecule has 96 valence electrons. The Labute approximate surface area is 107 Å². The molecule has 2 aromatic heterocycles. The molecule has 1 N–H and O–H groups in total. The van der Waals surface area contributed by atoms with Crippen LogP contribution in [0.3, 0.4) is 0 Å². The molecule has 0 bridgehead atoms. The summed E-state index contributed by atoms with van der Waals surface area (Å²) in [5.41, 5.74) is 0.948. The first-order chi connectivity index (χ1) is 8.79. The summed E-state index contributed by atoms with van der Waals surface area (Å²) in [5.74, 6) is 1.60. The molecule has 0 saturated heterocycles. The van der Waals surface area contributed by atoms with Gasteiger partial charge in [-0.2, -0.15) is 4.98 Å². The summed E-state index contributed by atoms with van der Waals surface area (Å²) in [7, 11) is 0. The van der Waals surface area contributed by atoms with Crippen molar-refractivity contribution in [2.24, 2.45) is 0 Å². The number of likely N-dealkylation sites (N-methyl/N-ethyl adjacent to an activating group) is 1. The molecule has 2 heterocycles. The highest BCUT2D eigenvalue weighted by Gasteiger charge is 2.14. The van der Waals surface area contributed by atoms with Crippen LogP contribution in [0.1, 0.15) is 37.2 Å². The molecule has 2 rings (SSSR count). The van der Waals surface area contributed by atoms with Crippen LogP contribution in [0.4, 0.5) is 0 Å². The van der Waals surface area contributed by atoms with Gasteiger partial charge in [-0.15, -0.1) is 0 Å². The molecule has 1 atom stereocenters. The van der Waals surface area contributed by atoms with Gasteiger partial charge in [0.2, 0.25) is 5.89 Å². The number of rotatable bonds is 6. The van der Waals surface area contributed by atoms with Gasteiger partial charge in [0.1, 0.15) is 0 Å². The van der Waals surface area contributed by atoms with Crippen LogP contribution in [-0.4, -0.2) is 28.2 Å². The SMILES string of the molecule is CCNCC(C)c1nc(Cc2ccccn2)no1. The molecule has 0 spiro atoms. The van der Waals surface area contributed by atoms with Crippen LogP contribution >= 0.6 is 0 Å². The molecular formula is C13H18N4O. The van der Waals surface area contributed by atoms with E-state index in [1.807, 2.05) is 18.2 Å². The first-order valence-electron chi connectivity index (χ1n) is 6.22. The van der Waals surface area contributed by atoms with Crippen molar-refractivity contribution in [3.05, 3.63) is 41.8 Å². The Bertz CT molecular complexity index is 469. The topological polar surface area (TPSA) is 63.8 Å². The lowest BCUT2D eigenvalue weighted by atomic mass is 10.2. The third-order valence-electron chi connectivity index (χ3n) is 2.67. The number of hydrogen-bond acceptors (Lipinski definition) is 5. The third-order valence-corrected chi connectivity index (χ3v) is 2.67. The summed E-state index contributed by atoms with van der Waals surface area (Å²) in [4.78, 5) is 8.64. The van der Waals surface area contributed by atoms with Crippen LogP contribution < -0.4 is 5.32 Å². The third kappa shape index (κ3) is 3.37. The Morgan fingerprint density at radius 2 is 2.28 bits per heavy atom. The van der Waals surface area contributed by atoms with Crippen molar-refractivity contribution in [1.82, 2.24) is 20.4 Å². The Balaban J connectivity index is 1.98. The summed E-state index contributed by atoms with van der Waals surface area (Å²) < 4.78 is 5.27. The standard InChI is InChI=1S/C13H18N4O/c1-3-14-9-10(2)13-16-12(17-18-13)8-11-6-4-5-7-15-11/h4-7,10,14H,3,8-9H2,1-2H3. The first kappa shape index (κ1) is 12.7. The number of nitrogens with one attached hydrogen (secondary N) is 1. The molecule has 0 aliphatic carbocycles. The molecule has 1 unspecified atom stereocenters. The second kappa shape index (κ2) is 6.26. The number of aromatic nitrogens is 3. The minimum absolute atomic E-state index is 0.231. The number of nitrogens with zero attached hydrogens (tertiary/aromatic N) is 3. The van der Waals surface area contributed by atoms with Crippen LogP contribution in [0.2, 0.25) is 0 Å². The largest absolute Gasteiger partial charge is 0.339 e. The highest BCUT2D eigenvalue weighted by Crippen LogP contribution is 2.12. The average Bonchev–Trinajstić information content (AvgIpc) is 2.86. The van der Waals surface area contributed by atoms with Crippen LogP contribution in [0.5, 0.6) is 0 Å². The van der Waals surface area contributed by atoms with Gasteiger partial charge in [-0.1, -0.05) is 25.1 Å². The number of pyridine rings is 1. The summed E-state index contributed by atoms with van der Waals surface area (Å²) in [6.45, 7) is 5.94. The molecule has 18 heavy (non-hydrogen) atoms. The zero-order chi connectivity index (χ0) is 12.8. The van der Waals surface area contributed by atoms with Crippen molar-refractivity contribution in [1.29, 1.82) is 0 Å². The fraction of sp³-hybridized carbons (Fsp3) is 0.462. The summed E-state index contributed by atoms with van der Waals surface area (Å²) in [6, 6.07) is 5.80. The van der Waals surface area contributed by atoms with Crippen molar-refractivity contribution >= 4 is 0 Å². The molecule has 0 radical (unpaired) electrons.